The van der Waals surface area contributed by atoms with E-state index in [0.717, 1.165) is 28.7 Å². The van der Waals surface area contributed by atoms with Crippen LogP contribution in [0.4, 0.5) is 0 Å². The molecular weight excluding hydrogens is 328 g/mol. The van der Waals surface area contributed by atoms with Crippen molar-refractivity contribution in [3.63, 3.8) is 0 Å². The molecule has 0 amide bonds. The fraction of sp³-hybridized carbons (Fsp3) is 0.115. The summed E-state index contributed by atoms with van der Waals surface area (Å²) < 4.78 is 0. The van der Waals surface area contributed by atoms with E-state index in [2.05, 4.69) is 55.5 Å². The van der Waals surface area contributed by atoms with Crippen molar-refractivity contribution < 1.29 is 4.79 Å². The van der Waals surface area contributed by atoms with Crippen molar-refractivity contribution in [1.82, 2.24) is 0 Å². The monoisotopic (exact) mass is 350 g/mol. The molecule has 4 aromatic rings. The Kier molecular flexibility index (Phi) is 4.60. The molecule has 0 atom stereocenters. The molecule has 0 aliphatic carbocycles. The Balaban J connectivity index is 1.69. The van der Waals surface area contributed by atoms with Crippen molar-refractivity contribution in [3.05, 3.63) is 118 Å². The first-order chi connectivity index (χ1) is 13.1. The van der Waals surface area contributed by atoms with Gasteiger partial charge in [-0.15, -0.1) is 0 Å². The van der Waals surface area contributed by atoms with E-state index in [9.17, 15) is 4.79 Å². The van der Waals surface area contributed by atoms with Gasteiger partial charge in [0, 0.05) is 11.1 Å². The van der Waals surface area contributed by atoms with Crippen molar-refractivity contribution in [2.75, 3.05) is 0 Å². The van der Waals surface area contributed by atoms with E-state index in [1.807, 2.05) is 43.3 Å². The molecule has 4 aromatic carbocycles. The average molecular weight is 350 g/mol. The maximum Gasteiger partial charge on any atom is 0.193 e. The fourth-order valence-corrected chi connectivity index (χ4v) is 3.50. The smallest absolute Gasteiger partial charge is 0.193 e. The van der Waals surface area contributed by atoms with E-state index in [0.29, 0.717) is 0 Å². The number of hydrogen-bond donors (Lipinski definition) is 0. The molecule has 0 aromatic heterocycles. The van der Waals surface area contributed by atoms with Gasteiger partial charge in [0.1, 0.15) is 0 Å². The molecule has 0 N–H and O–H groups in total. The van der Waals surface area contributed by atoms with Gasteiger partial charge in [-0.25, -0.2) is 0 Å². The van der Waals surface area contributed by atoms with E-state index in [1.165, 1.54) is 21.9 Å². The molecule has 0 aliphatic heterocycles. The minimum atomic E-state index is 0.0921. The third-order valence-electron chi connectivity index (χ3n) is 5.24. The van der Waals surface area contributed by atoms with Crippen LogP contribution in [0.2, 0.25) is 0 Å². The van der Waals surface area contributed by atoms with Gasteiger partial charge < -0.3 is 0 Å². The second-order valence-corrected chi connectivity index (χ2v) is 7.14. The van der Waals surface area contributed by atoms with E-state index in [4.69, 9.17) is 0 Å². The van der Waals surface area contributed by atoms with Gasteiger partial charge in [0.15, 0.2) is 5.78 Å². The summed E-state index contributed by atoms with van der Waals surface area (Å²) in [5.74, 6) is 0.0921. The van der Waals surface area contributed by atoms with Crippen LogP contribution in [0.1, 0.15) is 38.2 Å². The van der Waals surface area contributed by atoms with Crippen LogP contribution in [0.5, 0.6) is 0 Å². The van der Waals surface area contributed by atoms with E-state index in [-0.39, 0.29) is 5.78 Å². The molecule has 27 heavy (non-hydrogen) atoms. The van der Waals surface area contributed by atoms with Crippen LogP contribution in [0.3, 0.4) is 0 Å². The Hall–Kier alpha value is -3.19. The molecule has 4 rings (SSSR count). The van der Waals surface area contributed by atoms with Crippen LogP contribution < -0.4 is 0 Å². The Morgan fingerprint density at radius 1 is 0.704 bits per heavy atom. The summed E-state index contributed by atoms with van der Waals surface area (Å²) in [6.07, 6.45) is 0.748. The van der Waals surface area contributed by atoms with Gasteiger partial charge in [0.2, 0.25) is 0 Å². The highest BCUT2D eigenvalue weighted by atomic mass is 16.1. The van der Waals surface area contributed by atoms with Crippen molar-refractivity contribution in [2.24, 2.45) is 0 Å². The lowest BCUT2D eigenvalue weighted by molar-refractivity contribution is 0.103. The second kappa shape index (κ2) is 7.20. The molecule has 1 nitrogen and oxygen atoms in total. The number of benzene rings is 4. The largest absolute Gasteiger partial charge is 0.289 e. The Morgan fingerprint density at radius 3 is 2.26 bits per heavy atom. The Bertz CT molecular complexity index is 1140. The van der Waals surface area contributed by atoms with Crippen molar-refractivity contribution in [2.45, 2.75) is 20.3 Å². The number of aryl methyl sites for hydroxylation is 2. The van der Waals surface area contributed by atoms with Crippen LogP contribution >= 0.6 is 0 Å². The number of hydrogen-bond acceptors (Lipinski definition) is 1. The van der Waals surface area contributed by atoms with Gasteiger partial charge in [-0.1, -0.05) is 78.9 Å². The first-order valence-electron chi connectivity index (χ1n) is 9.29. The van der Waals surface area contributed by atoms with Crippen molar-refractivity contribution >= 4 is 16.6 Å². The van der Waals surface area contributed by atoms with E-state index >= 15 is 0 Å². The summed E-state index contributed by atoms with van der Waals surface area (Å²) in [4.78, 5) is 13.1. The van der Waals surface area contributed by atoms with Gasteiger partial charge in [-0.3, -0.25) is 4.79 Å². The minimum absolute atomic E-state index is 0.0921. The summed E-state index contributed by atoms with van der Waals surface area (Å²) in [5.41, 5.74) is 6.17. The second-order valence-electron chi connectivity index (χ2n) is 7.14. The fourth-order valence-electron chi connectivity index (χ4n) is 3.50. The maximum atomic E-state index is 13.1. The third kappa shape index (κ3) is 3.54. The van der Waals surface area contributed by atoms with Crippen LogP contribution in [0, 0.1) is 13.8 Å². The molecule has 0 radical (unpaired) electrons. The number of carbonyl (C=O) groups excluding carboxylic acids is 1. The van der Waals surface area contributed by atoms with Crippen LogP contribution in [-0.2, 0) is 6.42 Å². The van der Waals surface area contributed by atoms with Crippen LogP contribution in [0.25, 0.3) is 10.8 Å². The molecular formula is C26H22O. The molecule has 0 heterocycles. The molecule has 0 spiro atoms. The molecule has 0 bridgehead atoms. The Morgan fingerprint density at radius 2 is 1.44 bits per heavy atom. The predicted octanol–water partition coefficient (Wildman–Crippen LogP) is 6.28. The standard InChI is InChI=1S/C26H22O/c1-18-11-13-24(15-19(18)2)26(27)25-10-6-5-9-23(25)17-20-12-14-21-7-3-4-8-22(21)16-20/h3-16H,17H2,1-2H3. The number of fused-ring (bicyclic) bond motifs is 1. The third-order valence-corrected chi connectivity index (χ3v) is 5.24. The average Bonchev–Trinajstić information content (AvgIpc) is 2.70. The first-order valence-corrected chi connectivity index (χ1v) is 9.29. The molecule has 0 unspecified atom stereocenters. The normalized spacial score (nSPS) is 10.9. The minimum Gasteiger partial charge on any atom is -0.289 e. The SMILES string of the molecule is Cc1ccc(C(=O)c2ccccc2Cc2ccc3ccccc3c2)cc1C. The van der Waals surface area contributed by atoms with Gasteiger partial charge >= 0.3 is 0 Å². The molecule has 0 aliphatic rings. The van der Waals surface area contributed by atoms with E-state index in [1.54, 1.807) is 0 Å². The highest BCUT2D eigenvalue weighted by Crippen LogP contribution is 2.22. The van der Waals surface area contributed by atoms with Gasteiger partial charge in [-0.2, -0.15) is 0 Å². The quantitative estimate of drug-likeness (QED) is 0.396. The summed E-state index contributed by atoms with van der Waals surface area (Å²) >= 11 is 0. The lowest BCUT2D eigenvalue weighted by Gasteiger charge is -2.11. The molecule has 0 fully saturated rings. The predicted molar refractivity (Wildman–Crippen MR) is 113 cm³/mol. The lowest BCUT2D eigenvalue weighted by atomic mass is 9.92. The highest BCUT2D eigenvalue weighted by molar-refractivity contribution is 6.10. The highest BCUT2D eigenvalue weighted by Gasteiger charge is 2.14. The zero-order valence-corrected chi connectivity index (χ0v) is 15.7. The topological polar surface area (TPSA) is 17.1 Å². The van der Waals surface area contributed by atoms with E-state index < -0.39 is 0 Å². The molecule has 132 valence electrons. The van der Waals surface area contributed by atoms with Crippen LogP contribution in [0.15, 0.2) is 84.9 Å². The molecule has 1 heteroatoms. The number of ketones is 1. The van der Waals surface area contributed by atoms with Gasteiger partial charge in [0.25, 0.3) is 0 Å². The van der Waals surface area contributed by atoms with Gasteiger partial charge in [-0.05, 0) is 59.4 Å². The van der Waals surface area contributed by atoms with Crippen LogP contribution in [-0.4, -0.2) is 5.78 Å². The zero-order valence-electron chi connectivity index (χ0n) is 15.7. The maximum absolute atomic E-state index is 13.1. The summed E-state index contributed by atoms with van der Waals surface area (Å²) in [6.45, 7) is 4.12. The van der Waals surface area contributed by atoms with Crippen molar-refractivity contribution in [1.29, 1.82) is 0 Å². The number of rotatable bonds is 4. The summed E-state index contributed by atoms with van der Waals surface area (Å²) in [7, 11) is 0. The number of carbonyl (C=O) groups is 1. The molecule has 0 saturated carbocycles. The van der Waals surface area contributed by atoms with Gasteiger partial charge in [0.05, 0.1) is 0 Å². The van der Waals surface area contributed by atoms with Crippen molar-refractivity contribution in [3.8, 4) is 0 Å². The summed E-state index contributed by atoms with van der Waals surface area (Å²) in [5, 5.41) is 2.47. The lowest BCUT2D eigenvalue weighted by Crippen LogP contribution is -2.06. The first kappa shape index (κ1) is 17.2. The zero-order chi connectivity index (χ0) is 18.8. The Labute approximate surface area is 160 Å². The summed E-state index contributed by atoms with van der Waals surface area (Å²) in [6, 6.07) is 28.8. The molecule has 0 saturated heterocycles.